The number of ether oxygens (including phenoxy) is 2. The Morgan fingerprint density at radius 2 is 2.19 bits per heavy atom. The zero-order valence-corrected chi connectivity index (χ0v) is 12.7. The highest BCUT2D eigenvalue weighted by atomic mass is 19.1. The number of halogens is 1. The predicted molar refractivity (Wildman–Crippen MR) is 78.6 cm³/mol. The number of carbonyl (C=O) groups excluding carboxylic acids is 1. The molecule has 0 amide bonds. The molecule has 1 aliphatic heterocycles. The molecule has 2 rings (SSSR count). The second-order valence-corrected chi connectivity index (χ2v) is 5.79. The topological polar surface area (TPSA) is 47.6 Å². The number of anilines is 1. The van der Waals surface area contributed by atoms with Crippen molar-refractivity contribution >= 4 is 11.7 Å². The van der Waals surface area contributed by atoms with Crippen molar-refractivity contribution in [1.29, 1.82) is 0 Å². The van der Waals surface area contributed by atoms with Crippen LogP contribution in [0, 0.1) is 11.7 Å². The lowest BCUT2D eigenvalue weighted by atomic mass is 9.83. The van der Waals surface area contributed by atoms with Gasteiger partial charge in [0.05, 0.1) is 18.9 Å². The van der Waals surface area contributed by atoms with Gasteiger partial charge in [0.1, 0.15) is 11.4 Å². The summed E-state index contributed by atoms with van der Waals surface area (Å²) in [5, 5.41) is 3.07. The molecule has 0 aromatic heterocycles. The van der Waals surface area contributed by atoms with Crippen LogP contribution < -0.4 is 5.32 Å². The highest BCUT2D eigenvalue weighted by molar-refractivity contribution is 5.84. The molecule has 1 aromatic rings. The lowest BCUT2D eigenvalue weighted by Crippen LogP contribution is -2.54. The van der Waals surface area contributed by atoms with Gasteiger partial charge in [-0.15, -0.1) is 0 Å². The number of benzene rings is 1. The number of nitrogens with one attached hydrogen (secondary N) is 1. The van der Waals surface area contributed by atoms with Crippen molar-refractivity contribution in [1.82, 2.24) is 0 Å². The fourth-order valence-electron chi connectivity index (χ4n) is 2.68. The molecule has 4 nitrogen and oxygen atoms in total. The fraction of sp³-hybridized carbons (Fsp3) is 0.562. The molecule has 116 valence electrons. The van der Waals surface area contributed by atoms with Crippen LogP contribution in [0.15, 0.2) is 24.3 Å². The fourth-order valence-corrected chi connectivity index (χ4v) is 2.68. The number of hydrogen-bond acceptors (Lipinski definition) is 4. The molecule has 1 saturated heterocycles. The summed E-state index contributed by atoms with van der Waals surface area (Å²) in [6.45, 7) is 4.53. The largest absolute Gasteiger partial charge is 0.467 e. The Morgan fingerprint density at radius 3 is 2.81 bits per heavy atom. The molecule has 5 heteroatoms. The molecule has 21 heavy (non-hydrogen) atoms. The zero-order chi connectivity index (χ0) is 15.5. The Kier molecular flexibility index (Phi) is 4.83. The first-order valence-electron chi connectivity index (χ1n) is 7.21. The third-order valence-electron chi connectivity index (χ3n) is 3.98. The van der Waals surface area contributed by atoms with Crippen LogP contribution in [0.25, 0.3) is 0 Å². The second-order valence-electron chi connectivity index (χ2n) is 5.79. The molecule has 1 fully saturated rings. The maximum absolute atomic E-state index is 13.9. The van der Waals surface area contributed by atoms with E-state index < -0.39 is 5.54 Å². The van der Waals surface area contributed by atoms with Crippen LogP contribution in [0.3, 0.4) is 0 Å². The van der Waals surface area contributed by atoms with Gasteiger partial charge in [0.25, 0.3) is 0 Å². The van der Waals surface area contributed by atoms with E-state index in [1.165, 1.54) is 13.2 Å². The van der Waals surface area contributed by atoms with Crippen LogP contribution in [0.2, 0.25) is 0 Å². The quantitative estimate of drug-likeness (QED) is 0.868. The Morgan fingerprint density at radius 1 is 1.48 bits per heavy atom. The number of esters is 1. The van der Waals surface area contributed by atoms with Gasteiger partial charge in [0, 0.05) is 19.4 Å². The summed E-state index contributed by atoms with van der Waals surface area (Å²) < 4.78 is 24.6. The van der Waals surface area contributed by atoms with Crippen molar-refractivity contribution in [2.24, 2.45) is 5.92 Å². The summed E-state index contributed by atoms with van der Waals surface area (Å²) in [5.41, 5.74) is -0.628. The summed E-state index contributed by atoms with van der Waals surface area (Å²) in [6.07, 6.45) is 0.861. The Balaban J connectivity index is 2.29. The number of methoxy groups -OCH3 is 1. The molecule has 1 aliphatic rings. The maximum atomic E-state index is 13.9. The molecular formula is C16H22FNO3. The SMILES string of the molecule is COC(=O)C1(Nc2ccccc2F)CCOC(C(C)C)C1. The summed E-state index contributed by atoms with van der Waals surface area (Å²) in [7, 11) is 1.35. The van der Waals surface area contributed by atoms with Crippen molar-refractivity contribution in [3.63, 3.8) is 0 Å². The van der Waals surface area contributed by atoms with E-state index in [0.717, 1.165) is 0 Å². The number of rotatable bonds is 4. The van der Waals surface area contributed by atoms with Gasteiger partial charge < -0.3 is 14.8 Å². The number of carbonyl (C=O) groups is 1. The molecule has 0 saturated carbocycles. The van der Waals surface area contributed by atoms with Gasteiger partial charge in [-0.2, -0.15) is 0 Å². The summed E-state index contributed by atoms with van der Waals surface area (Å²) in [6, 6.07) is 6.34. The maximum Gasteiger partial charge on any atom is 0.331 e. The van der Waals surface area contributed by atoms with E-state index in [2.05, 4.69) is 5.32 Å². The van der Waals surface area contributed by atoms with Crippen LogP contribution >= 0.6 is 0 Å². The first-order valence-corrected chi connectivity index (χ1v) is 7.21. The molecule has 0 aliphatic carbocycles. The Bertz CT molecular complexity index is 506. The minimum atomic E-state index is -0.940. The van der Waals surface area contributed by atoms with Gasteiger partial charge in [-0.3, -0.25) is 0 Å². The van der Waals surface area contributed by atoms with E-state index in [0.29, 0.717) is 25.1 Å². The van der Waals surface area contributed by atoms with Crippen molar-refractivity contribution in [2.75, 3.05) is 19.0 Å². The first kappa shape index (κ1) is 15.8. The van der Waals surface area contributed by atoms with Gasteiger partial charge in [-0.25, -0.2) is 9.18 Å². The smallest absolute Gasteiger partial charge is 0.331 e. The summed E-state index contributed by atoms with van der Waals surface area (Å²) in [5.74, 6) is -0.482. The molecule has 0 radical (unpaired) electrons. The molecule has 0 bridgehead atoms. The van der Waals surface area contributed by atoms with E-state index in [1.54, 1.807) is 18.2 Å². The minimum Gasteiger partial charge on any atom is -0.467 e. The highest BCUT2D eigenvalue weighted by Crippen LogP contribution is 2.33. The molecule has 2 atom stereocenters. The first-order chi connectivity index (χ1) is 9.98. The summed E-state index contributed by atoms with van der Waals surface area (Å²) in [4.78, 5) is 12.3. The minimum absolute atomic E-state index is 0.0582. The van der Waals surface area contributed by atoms with E-state index >= 15 is 0 Å². The third-order valence-corrected chi connectivity index (χ3v) is 3.98. The predicted octanol–water partition coefficient (Wildman–Crippen LogP) is 2.98. The lowest BCUT2D eigenvalue weighted by Gasteiger charge is -2.41. The van der Waals surface area contributed by atoms with Gasteiger partial charge >= 0.3 is 5.97 Å². The molecule has 1 heterocycles. The normalized spacial score (nSPS) is 25.7. The van der Waals surface area contributed by atoms with Crippen LogP contribution in [0.4, 0.5) is 10.1 Å². The third kappa shape index (κ3) is 3.35. The van der Waals surface area contributed by atoms with E-state index in [4.69, 9.17) is 9.47 Å². The lowest BCUT2D eigenvalue weighted by molar-refractivity contribution is -0.152. The average Bonchev–Trinajstić information content (AvgIpc) is 2.49. The van der Waals surface area contributed by atoms with Crippen molar-refractivity contribution in [2.45, 2.75) is 38.3 Å². The van der Waals surface area contributed by atoms with Crippen molar-refractivity contribution in [3.8, 4) is 0 Å². The van der Waals surface area contributed by atoms with Gasteiger partial charge in [-0.1, -0.05) is 26.0 Å². The zero-order valence-electron chi connectivity index (χ0n) is 12.7. The van der Waals surface area contributed by atoms with Gasteiger partial charge in [0.15, 0.2) is 0 Å². The Labute approximate surface area is 124 Å². The second kappa shape index (κ2) is 6.43. The summed E-state index contributed by atoms with van der Waals surface area (Å²) >= 11 is 0. The van der Waals surface area contributed by atoms with Gasteiger partial charge in [-0.05, 0) is 18.1 Å². The van der Waals surface area contributed by atoms with Crippen molar-refractivity contribution in [3.05, 3.63) is 30.1 Å². The van der Waals surface area contributed by atoms with E-state index in [-0.39, 0.29) is 23.8 Å². The molecule has 0 spiro atoms. The molecule has 1 N–H and O–H groups in total. The molecule has 2 unspecified atom stereocenters. The van der Waals surface area contributed by atoms with Crippen LogP contribution in [0.5, 0.6) is 0 Å². The highest BCUT2D eigenvalue weighted by Gasteiger charge is 2.45. The molecule has 1 aromatic carbocycles. The van der Waals surface area contributed by atoms with Crippen LogP contribution in [0.1, 0.15) is 26.7 Å². The standard InChI is InChI=1S/C16H22FNO3/c1-11(2)14-10-16(8-9-21-14,15(19)20-3)18-13-7-5-4-6-12(13)17/h4-7,11,14,18H,8-10H2,1-3H3. The number of para-hydroxylation sites is 1. The van der Waals surface area contributed by atoms with Gasteiger partial charge in [0.2, 0.25) is 0 Å². The number of hydrogen-bond donors (Lipinski definition) is 1. The van der Waals surface area contributed by atoms with E-state index in [1.807, 2.05) is 13.8 Å². The van der Waals surface area contributed by atoms with Crippen molar-refractivity contribution < 1.29 is 18.7 Å². The molecular weight excluding hydrogens is 273 g/mol. The average molecular weight is 295 g/mol. The monoisotopic (exact) mass is 295 g/mol. The Hall–Kier alpha value is -1.62. The van der Waals surface area contributed by atoms with Crippen LogP contribution in [-0.4, -0.2) is 31.3 Å². The van der Waals surface area contributed by atoms with Crippen LogP contribution in [-0.2, 0) is 14.3 Å². The van der Waals surface area contributed by atoms with E-state index in [9.17, 15) is 9.18 Å².